The molecule has 2 atom stereocenters. The monoisotopic (exact) mass is 256 g/mol. The fourth-order valence-electron chi connectivity index (χ4n) is 3.80. The minimum Gasteiger partial charge on any atom is -0.371 e. The van der Waals surface area contributed by atoms with E-state index in [1.807, 2.05) is 0 Å². The Balaban J connectivity index is 1.61. The van der Waals surface area contributed by atoms with Crippen molar-refractivity contribution < 1.29 is 4.79 Å². The normalized spacial score (nSPS) is 29.1. The van der Waals surface area contributed by atoms with Crippen LogP contribution in [0.2, 0.25) is 0 Å². The molecule has 3 heteroatoms. The highest BCUT2D eigenvalue weighted by molar-refractivity contribution is 5.81. The summed E-state index contributed by atoms with van der Waals surface area (Å²) in [7, 11) is 2.20. The molecule has 2 heterocycles. The molecular weight excluding hydrogens is 236 g/mol. The SMILES string of the molecule is CN1c2ccccc2[C@H]2CN(C(=O)C3CC3)CC[C@H]21. The minimum atomic E-state index is 0.353. The zero-order chi connectivity index (χ0) is 13.0. The first-order chi connectivity index (χ1) is 9.25. The highest BCUT2D eigenvalue weighted by atomic mass is 16.2. The molecule has 1 aliphatic carbocycles. The van der Waals surface area contributed by atoms with Gasteiger partial charge >= 0.3 is 0 Å². The van der Waals surface area contributed by atoms with Gasteiger partial charge in [-0.3, -0.25) is 4.79 Å². The smallest absolute Gasteiger partial charge is 0.225 e. The van der Waals surface area contributed by atoms with Crippen molar-refractivity contribution >= 4 is 11.6 Å². The Kier molecular flexibility index (Phi) is 2.38. The number of hydrogen-bond donors (Lipinski definition) is 0. The number of carbonyl (C=O) groups is 1. The Bertz CT molecular complexity index is 523. The van der Waals surface area contributed by atoms with Gasteiger partial charge in [-0.1, -0.05) is 18.2 Å². The number of hydrogen-bond acceptors (Lipinski definition) is 2. The molecule has 1 amide bonds. The summed E-state index contributed by atoms with van der Waals surface area (Å²) in [6.07, 6.45) is 3.33. The van der Waals surface area contributed by atoms with Crippen LogP contribution in [0.3, 0.4) is 0 Å². The van der Waals surface area contributed by atoms with E-state index in [0.717, 1.165) is 32.4 Å². The number of para-hydroxylation sites is 1. The summed E-state index contributed by atoms with van der Waals surface area (Å²) in [6, 6.07) is 9.26. The molecule has 0 bridgehead atoms. The molecule has 2 aliphatic heterocycles. The van der Waals surface area contributed by atoms with Gasteiger partial charge in [-0.2, -0.15) is 0 Å². The number of carbonyl (C=O) groups excluding carboxylic acids is 1. The molecule has 2 fully saturated rings. The summed E-state index contributed by atoms with van der Waals surface area (Å²) in [4.78, 5) is 16.8. The second-order valence-electron chi connectivity index (χ2n) is 6.19. The van der Waals surface area contributed by atoms with Crippen LogP contribution in [0.25, 0.3) is 0 Å². The quantitative estimate of drug-likeness (QED) is 0.769. The molecule has 3 nitrogen and oxygen atoms in total. The van der Waals surface area contributed by atoms with Crippen LogP contribution in [-0.2, 0) is 4.79 Å². The number of likely N-dealkylation sites (N-methyl/N-ethyl adjacent to an activating group) is 1. The van der Waals surface area contributed by atoms with E-state index >= 15 is 0 Å². The Morgan fingerprint density at radius 1 is 1.21 bits per heavy atom. The van der Waals surface area contributed by atoms with Gasteiger partial charge in [-0.25, -0.2) is 0 Å². The lowest BCUT2D eigenvalue weighted by Gasteiger charge is -2.37. The molecule has 0 unspecified atom stereocenters. The zero-order valence-electron chi connectivity index (χ0n) is 11.4. The van der Waals surface area contributed by atoms with E-state index in [1.165, 1.54) is 11.3 Å². The van der Waals surface area contributed by atoms with Gasteiger partial charge in [-0.05, 0) is 30.9 Å². The first-order valence-electron chi connectivity index (χ1n) is 7.36. The standard InChI is InChI=1S/C16H20N2O/c1-17-14-5-3-2-4-12(14)13-10-18(9-8-15(13)17)16(19)11-6-7-11/h2-5,11,13,15H,6-10H2,1H3/t13-,15-/m1/s1. The minimum absolute atomic E-state index is 0.353. The van der Waals surface area contributed by atoms with Crippen LogP contribution < -0.4 is 4.90 Å². The molecule has 1 aromatic carbocycles. The second kappa shape index (κ2) is 3.99. The van der Waals surface area contributed by atoms with Crippen molar-refractivity contribution in [3.63, 3.8) is 0 Å². The van der Waals surface area contributed by atoms with Gasteiger partial charge < -0.3 is 9.80 Å². The zero-order valence-corrected chi connectivity index (χ0v) is 11.4. The van der Waals surface area contributed by atoms with Crippen molar-refractivity contribution in [1.29, 1.82) is 0 Å². The summed E-state index contributed by atoms with van der Waals surface area (Å²) >= 11 is 0. The number of fused-ring (bicyclic) bond motifs is 3. The van der Waals surface area contributed by atoms with Crippen LogP contribution in [0.1, 0.15) is 30.7 Å². The predicted molar refractivity (Wildman–Crippen MR) is 75.3 cm³/mol. The van der Waals surface area contributed by atoms with Crippen LogP contribution in [-0.4, -0.2) is 37.0 Å². The fourth-order valence-corrected chi connectivity index (χ4v) is 3.80. The van der Waals surface area contributed by atoms with E-state index in [9.17, 15) is 4.79 Å². The van der Waals surface area contributed by atoms with Crippen LogP contribution >= 0.6 is 0 Å². The van der Waals surface area contributed by atoms with Gasteiger partial charge in [0, 0.05) is 43.7 Å². The molecule has 0 spiro atoms. The highest BCUT2D eigenvalue weighted by Gasteiger charge is 2.43. The number of benzene rings is 1. The number of piperidine rings is 1. The molecule has 19 heavy (non-hydrogen) atoms. The van der Waals surface area contributed by atoms with Crippen molar-refractivity contribution in [2.75, 3.05) is 25.0 Å². The van der Waals surface area contributed by atoms with E-state index in [4.69, 9.17) is 0 Å². The number of nitrogens with zero attached hydrogens (tertiary/aromatic N) is 2. The fraction of sp³-hybridized carbons (Fsp3) is 0.562. The van der Waals surface area contributed by atoms with Crippen LogP contribution in [0.4, 0.5) is 5.69 Å². The van der Waals surface area contributed by atoms with Crippen LogP contribution in [0, 0.1) is 5.92 Å². The van der Waals surface area contributed by atoms with Crippen LogP contribution in [0.5, 0.6) is 0 Å². The summed E-state index contributed by atoms with van der Waals surface area (Å²) < 4.78 is 0. The lowest BCUT2D eigenvalue weighted by atomic mass is 9.89. The largest absolute Gasteiger partial charge is 0.371 e. The van der Waals surface area contributed by atoms with Gasteiger partial charge in [-0.15, -0.1) is 0 Å². The maximum absolute atomic E-state index is 12.3. The first-order valence-corrected chi connectivity index (χ1v) is 7.36. The number of amides is 1. The topological polar surface area (TPSA) is 23.6 Å². The van der Waals surface area contributed by atoms with Crippen molar-refractivity contribution in [2.45, 2.75) is 31.2 Å². The third-order valence-electron chi connectivity index (χ3n) is 5.03. The molecule has 1 aromatic rings. The van der Waals surface area contributed by atoms with E-state index in [2.05, 4.69) is 41.1 Å². The van der Waals surface area contributed by atoms with E-state index in [0.29, 0.717) is 23.8 Å². The van der Waals surface area contributed by atoms with Crippen molar-refractivity contribution in [2.24, 2.45) is 5.92 Å². The predicted octanol–water partition coefficient (Wildman–Crippen LogP) is 2.23. The lowest BCUT2D eigenvalue weighted by Crippen LogP contribution is -2.47. The average Bonchev–Trinajstić information content (AvgIpc) is 3.26. The molecular formula is C16H20N2O. The first kappa shape index (κ1) is 11.3. The maximum Gasteiger partial charge on any atom is 0.225 e. The summed E-state index contributed by atoms with van der Waals surface area (Å²) in [5.74, 6) is 1.27. The third kappa shape index (κ3) is 1.67. The Hall–Kier alpha value is -1.51. The maximum atomic E-state index is 12.3. The molecule has 1 saturated heterocycles. The highest BCUT2D eigenvalue weighted by Crippen LogP contribution is 2.44. The van der Waals surface area contributed by atoms with E-state index in [-0.39, 0.29) is 0 Å². The Morgan fingerprint density at radius 3 is 2.79 bits per heavy atom. The van der Waals surface area contributed by atoms with Crippen LogP contribution in [0.15, 0.2) is 24.3 Å². The molecule has 0 N–H and O–H groups in total. The third-order valence-corrected chi connectivity index (χ3v) is 5.03. The van der Waals surface area contributed by atoms with Gasteiger partial charge in [0.1, 0.15) is 0 Å². The average molecular weight is 256 g/mol. The molecule has 0 radical (unpaired) electrons. The van der Waals surface area contributed by atoms with Gasteiger partial charge in [0.15, 0.2) is 0 Å². The number of rotatable bonds is 1. The van der Waals surface area contributed by atoms with Crippen molar-refractivity contribution in [1.82, 2.24) is 4.90 Å². The summed E-state index contributed by atoms with van der Waals surface area (Å²) in [5.41, 5.74) is 2.79. The number of likely N-dealkylation sites (tertiary alicyclic amines) is 1. The molecule has 0 aromatic heterocycles. The van der Waals surface area contributed by atoms with Gasteiger partial charge in [0.05, 0.1) is 0 Å². The Morgan fingerprint density at radius 2 is 2.00 bits per heavy atom. The molecule has 4 rings (SSSR count). The Labute approximate surface area is 114 Å². The molecule has 3 aliphatic rings. The molecule has 100 valence electrons. The summed E-state index contributed by atoms with van der Waals surface area (Å²) in [6.45, 7) is 1.86. The lowest BCUT2D eigenvalue weighted by molar-refractivity contribution is -0.133. The molecule has 1 saturated carbocycles. The van der Waals surface area contributed by atoms with E-state index < -0.39 is 0 Å². The van der Waals surface area contributed by atoms with Crippen molar-refractivity contribution in [3.05, 3.63) is 29.8 Å². The van der Waals surface area contributed by atoms with Gasteiger partial charge in [0.2, 0.25) is 5.91 Å². The van der Waals surface area contributed by atoms with Gasteiger partial charge in [0.25, 0.3) is 0 Å². The number of anilines is 1. The second-order valence-corrected chi connectivity index (χ2v) is 6.19. The van der Waals surface area contributed by atoms with Crippen molar-refractivity contribution in [3.8, 4) is 0 Å². The van der Waals surface area contributed by atoms with E-state index in [1.54, 1.807) is 0 Å². The summed E-state index contributed by atoms with van der Waals surface area (Å²) in [5, 5.41) is 0.